The average molecular weight is 427 g/mol. The van der Waals surface area contributed by atoms with Crippen LogP contribution in [0.3, 0.4) is 0 Å². The van der Waals surface area contributed by atoms with Gasteiger partial charge < -0.3 is 15.4 Å². The van der Waals surface area contributed by atoms with Crippen molar-refractivity contribution in [3.8, 4) is 22.9 Å². The van der Waals surface area contributed by atoms with Crippen LogP contribution in [0.2, 0.25) is 0 Å². The first kappa shape index (κ1) is 19.6. The summed E-state index contributed by atoms with van der Waals surface area (Å²) >= 11 is 0. The molecule has 160 valence electrons. The van der Waals surface area contributed by atoms with Crippen molar-refractivity contribution in [1.29, 1.82) is 5.26 Å². The van der Waals surface area contributed by atoms with Gasteiger partial charge in [-0.25, -0.2) is 4.52 Å². The van der Waals surface area contributed by atoms with Crippen molar-refractivity contribution in [2.24, 2.45) is 0 Å². The Morgan fingerprint density at radius 3 is 2.75 bits per heavy atom. The second-order valence-electron chi connectivity index (χ2n) is 7.79. The first-order chi connectivity index (χ1) is 15.6. The summed E-state index contributed by atoms with van der Waals surface area (Å²) in [6.07, 6.45) is 7.97. The number of rotatable bonds is 4. The van der Waals surface area contributed by atoms with Crippen molar-refractivity contribution in [1.82, 2.24) is 24.3 Å². The number of hydrogen-bond donors (Lipinski definition) is 1. The number of pyridine rings is 1. The number of anilines is 1. The first-order valence-electron chi connectivity index (χ1n) is 10.2. The minimum absolute atomic E-state index is 0.00190. The molecule has 32 heavy (non-hydrogen) atoms. The summed E-state index contributed by atoms with van der Waals surface area (Å²) in [6, 6.07) is 11.1. The Labute approximate surface area is 184 Å². The molecule has 4 heterocycles. The fourth-order valence-electron chi connectivity index (χ4n) is 4.12. The summed E-state index contributed by atoms with van der Waals surface area (Å²) in [7, 11) is 1.57. The Hall–Kier alpha value is -4.32. The molecular weight excluding hydrogens is 406 g/mol. The van der Waals surface area contributed by atoms with E-state index in [9.17, 15) is 10.1 Å². The Morgan fingerprint density at radius 1 is 1.19 bits per heavy atom. The molecule has 0 aliphatic carbocycles. The fourth-order valence-corrected chi connectivity index (χ4v) is 4.12. The molecule has 0 saturated carbocycles. The molecule has 0 radical (unpaired) electrons. The van der Waals surface area contributed by atoms with Crippen LogP contribution in [0.1, 0.15) is 28.4 Å². The summed E-state index contributed by atoms with van der Waals surface area (Å²) in [4.78, 5) is 14.6. The Morgan fingerprint density at radius 2 is 2.00 bits per heavy atom. The number of carbonyl (C=O) groups is 1. The molecule has 5 rings (SSSR count). The minimum Gasteiger partial charge on any atom is -0.494 e. The largest absolute Gasteiger partial charge is 0.494 e. The molecule has 1 fully saturated rings. The van der Waals surface area contributed by atoms with Crippen LogP contribution in [0.25, 0.3) is 16.6 Å². The summed E-state index contributed by atoms with van der Waals surface area (Å²) in [6.45, 7) is 1.27. The maximum Gasteiger partial charge on any atom is 0.253 e. The highest BCUT2D eigenvalue weighted by molar-refractivity contribution is 5.94. The molecule has 1 aliphatic heterocycles. The van der Waals surface area contributed by atoms with Crippen LogP contribution in [-0.4, -0.2) is 50.4 Å². The van der Waals surface area contributed by atoms with Gasteiger partial charge in [-0.3, -0.25) is 9.48 Å². The standard InChI is InChI=1S/C23H21N7O2/c1-32-21-8-16(12-30-22(21)17(9-24)10-27-30)18-11-26-29(13-18)20-6-7-28(14-20)23(31)15-2-4-19(25)5-3-15/h2-5,8,10-13,20H,6-7,14,25H2,1H3/t20-/m1/s1. The van der Waals surface area contributed by atoms with Crippen LogP contribution in [0.4, 0.5) is 5.69 Å². The quantitative estimate of drug-likeness (QED) is 0.501. The number of nitrogens with two attached hydrogens (primary N) is 1. The molecule has 9 heteroatoms. The van der Waals surface area contributed by atoms with E-state index in [2.05, 4.69) is 16.3 Å². The lowest BCUT2D eigenvalue weighted by Gasteiger charge is -2.17. The lowest BCUT2D eigenvalue weighted by molar-refractivity contribution is 0.0787. The predicted octanol–water partition coefficient (Wildman–Crippen LogP) is 2.75. The van der Waals surface area contributed by atoms with Crippen LogP contribution in [0.15, 0.2) is 55.1 Å². The van der Waals surface area contributed by atoms with Crippen LogP contribution in [0, 0.1) is 11.3 Å². The van der Waals surface area contributed by atoms with Crippen LogP contribution < -0.4 is 10.5 Å². The van der Waals surface area contributed by atoms with Gasteiger partial charge in [-0.1, -0.05) is 0 Å². The number of hydrogen-bond acceptors (Lipinski definition) is 6. The number of nitriles is 1. The third-order valence-electron chi connectivity index (χ3n) is 5.83. The van der Waals surface area contributed by atoms with Gasteiger partial charge in [0.2, 0.25) is 0 Å². The van der Waals surface area contributed by atoms with Gasteiger partial charge in [-0.2, -0.15) is 15.5 Å². The predicted molar refractivity (Wildman–Crippen MR) is 118 cm³/mol. The topological polar surface area (TPSA) is 114 Å². The number of likely N-dealkylation sites (tertiary alicyclic amines) is 1. The van der Waals surface area contributed by atoms with Gasteiger partial charge in [0.25, 0.3) is 5.91 Å². The number of ether oxygens (including phenoxy) is 1. The van der Waals surface area contributed by atoms with Gasteiger partial charge in [-0.05, 0) is 36.8 Å². The van der Waals surface area contributed by atoms with Gasteiger partial charge in [0, 0.05) is 47.9 Å². The zero-order chi connectivity index (χ0) is 22.2. The molecule has 0 unspecified atom stereocenters. The van der Waals surface area contributed by atoms with Crippen molar-refractivity contribution < 1.29 is 9.53 Å². The second-order valence-corrected chi connectivity index (χ2v) is 7.79. The third-order valence-corrected chi connectivity index (χ3v) is 5.83. The highest BCUT2D eigenvalue weighted by atomic mass is 16.5. The Balaban J connectivity index is 1.37. The SMILES string of the molecule is COc1cc(-c2cnn([C@@H]3CCN(C(=O)c4ccc(N)cc4)C3)c2)cn2ncc(C#N)c12. The number of nitrogen functional groups attached to an aromatic ring is 1. The zero-order valence-corrected chi connectivity index (χ0v) is 17.5. The van der Waals surface area contributed by atoms with Gasteiger partial charge in [-0.15, -0.1) is 0 Å². The Bertz CT molecular complexity index is 1350. The van der Waals surface area contributed by atoms with E-state index in [1.807, 2.05) is 28.0 Å². The van der Waals surface area contributed by atoms with Crippen LogP contribution in [0.5, 0.6) is 5.75 Å². The third kappa shape index (κ3) is 3.32. The fraction of sp³-hybridized carbons (Fsp3) is 0.217. The molecule has 1 saturated heterocycles. The number of fused-ring (bicyclic) bond motifs is 1. The summed E-state index contributed by atoms with van der Waals surface area (Å²) in [5, 5.41) is 18.1. The summed E-state index contributed by atoms with van der Waals surface area (Å²) < 4.78 is 9.05. The van der Waals surface area contributed by atoms with E-state index < -0.39 is 0 Å². The normalized spacial score (nSPS) is 15.8. The smallest absolute Gasteiger partial charge is 0.253 e. The molecule has 1 aliphatic rings. The number of benzene rings is 1. The van der Waals surface area contributed by atoms with E-state index in [4.69, 9.17) is 10.5 Å². The molecule has 0 spiro atoms. The van der Waals surface area contributed by atoms with Gasteiger partial charge in [0.1, 0.15) is 22.9 Å². The van der Waals surface area contributed by atoms with Crippen molar-refractivity contribution in [3.05, 3.63) is 66.2 Å². The lowest BCUT2D eigenvalue weighted by atomic mass is 10.1. The second kappa shape index (κ2) is 7.74. The highest BCUT2D eigenvalue weighted by Gasteiger charge is 2.28. The summed E-state index contributed by atoms with van der Waals surface area (Å²) in [5.74, 6) is 0.576. The first-order valence-corrected chi connectivity index (χ1v) is 10.2. The van der Waals surface area contributed by atoms with Gasteiger partial charge in [0.05, 0.1) is 25.5 Å². The molecule has 2 N–H and O–H groups in total. The monoisotopic (exact) mass is 427 g/mol. The number of nitrogens with zero attached hydrogens (tertiary/aromatic N) is 6. The van der Waals surface area contributed by atoms with Crippen molar-refractivity contribution in [2.75, 3.05) is 25.9 Å². The molecule has 1 amide bonds. The van der Waals surface area contributed by atoms with E-state index in [0.29, 0.717) is 41.2 Å². The zero-order valence-electron chi connectivity index (χ0n) is 17.5. The molecule has 3 aromatic heterocycles. The van der Waals surface area contributed by atoms with E-state index in [1.54, 1.807) is 42.1 Å². The number of carbonyl (C=O) groups excluding carboxylic acids is 1. The van der Waals surface area contributed by atoms with Crippen molar-refractivity contribution in [2.45, 2.75) is 12.5 Å². The van der Waals surface area contributed by atoms with Crippen LogP contribution in [-0.2, 0) is 0 Å². The van der Waals surface area contributed by atoms with E-state index in [1.165, 1.54) is 6.20 Å². The van der Waals surface area contributed by atoms with Crippen molar-refractivity contribution >= 4 is 17.1 Å². The molecule has 4 aromatic rings. The average Bonchev–Trinajstić information content (AvgIpc) is 3.57. The molecule has 1 atom stereocenters. The number of amides is 1. The highest BCUT2D eigenvalue weighted by Crippen LogP contribution is 2.31. The van der Waals surface area contributed by atoms with Gasteiger partial charge in [0.15, 0.2) is 0 Å². The number of aromatic nitrogens is 4. The molecule has 1 aromatic carbocycles. The maximum atomic E-state index is 12.8. The van der Waals surface area contributed by atoms with E-state index >= 15 is 0 Å². The van der Waals surface area contributed by atoms with Crippen LogP contribution >= 0.6 is 0 Å². The van der Waals surface area contributed by atoms with Crippen molar-refractivity contribution in [3.63, 3.8) is 0 Å². The molecule has 9 nitrogen and oxygen atoms in total. The minimum atomic E-state index is 0.00190. The molecular formula is C23H21N7O2. The van der Waals surface area contributed by atoms with Gasteiger partial charge >= 0.3 is 0 Å². The Kier molecular flexibility index (Phi) is 4.75. The molecule has 0 bridgehead atoms. The number of methoxy groups -OCH3 is 1. The lowest BCUT2D eigenvalue weighted by Crippen LogP contribution is -2.29. The van der Waals surface area contributed by atoms with E-state index in [0.717, 1.165) is 17.5 Å². The van der Waals surface area contributed by atoms with E-state index in [-0.39, 0.29) is 11.9 Å². The summed E-state index contributed by atoms with van der Waals surface area (Å²) in [5.41, 5.74) is 9.87. The maximum absolute atomic E-state index is 12.8.